The molecule has 5 nitrogen and oxygen atoms in total. The van der Waals surface area contributed by atoms with E-state index in [2.05, 4.69) is 17.1 Å². The highest BCUT2D eigenvalue weighted by atomic mass is 16.5. The number of phenols is 1. The van der Waals surface area contributed by atoms with Crippen LogP contribution in [0.2, 0.25) is 0 Å². The zero-order chi connectivity index (χ0) is 14.6. The third-order valence-corrected chi connectivity index (χ3v) is 4.15. The second-order valence-corrected chi connectivity index (χ2v) is 5.62. The number of ether oxygens (including phenoxy) is 1. The minimum atomic E-state index is -0.0654. The van der Waals surface area contributed by atoms with Gasteiger partial charge in [-0.15, -0.1) is 0 Å². The van der Waals surface area contributed by atoms with Crippen molar-refractivity contribution < 1.29 is 9.84 Å². The minimum absolute atomic E-state index is 0.0654. The van der Waals surface area contributed by atoms with Gasteiger partial charge in [0.2, 0.25) is 0 Å². The molecule has 1 aliphatic heterocycles. The summed E-state index contributed by atoms with van der Waals surface area (Å²) >= 11 is 0. The van der Waals surface area contributed by atoms with Crippen molar-refractivity contribution in [2.24, 2.45) is 5.73 Å². The molecule has 4 N–H and O–H groups in total. The van der Waals surface area contributed by atoms with Gasteiger partial charge in [0.1, 0.15) is 0 Å². The number of hydrogen-bond acceptors (Lipinski definition) is 5. The molecule has 0 spiro atoms. The Labute approximate surface area is 120 Å². The Morgan fingerprint density at radius 1 is 1.40 bits per heavy atom. The van der Waals surface area contributed by atoms with Crippen molar-refractivity contribution >= 4 is 0 Å². The van der Waals surface area contributed by atoms with Gasteiger partial charge in [0.25, 0.3) is 0 Å². The third-order valence-electron chi connectivity index (χ3n) is 4.15. The number of piperazine rings is 1. The lowest BCUT2D eigenvalue weighted by atomic mass is 9.90. The fourth-order valence-electron chi connectivity index (χ4n) is 2.79. The summed E-state index contributed by atoms with van der Waals surface area (Å²) in [6.45, 7) is 6.86. The van der Waals surface area contributed by atoms with Crippen molar-refractivity contribution in [1.82, 2.24) is 10.2 Å². The summed E-state index contributed by atoms with van der Waals surface area (Å²) < 4.78 is 5.17. The van der Waals surface area contributed by atoms with Crippen LogP contribution in [0.4, 0.5) is 0 Å². The SMILES string of the molecule is COc1cc(CC(C)(CN)N2CCNCC2)ccc1O. The molecule has 112 valence electrons. The zero-order valence-electron chi connectivity index (χ0n) is 12.4. The average molecular weight is 279 g/mol. The van der Waals surface area contributed by atoms with Crippen molar-refractivity contribution in [3.63, 3.8) is 0 Å². The molecule has 0 saturated carbocycles. The van der Waals surface area contributed by atoms with E-state index in [9.17, 15) is 5.11 Å². The molecule has 1 fully saturated rings. The van der Waals surface area contributed by atoms with Crippen LogP contribution >= 0.6 is 0 Å². The van der Waals surface area contributed by atoms with Crippen LogP contribution in [0.1, 0.15) is 12.5 Å². The first-order valence-electron chi connectivity index (χ1n) is 7.11. The molecular formula is C15H25N3O2. The molecule has 0 radical (unpaired) electrons. The quantitative estimate of drug-likeness (QED) is 0.735. The fraction of sp³-hybridized carbons (Fsp3) is 0.600. The maximum absolute atomic E-state index is 9.67. The summed E-state index contributed by atoms with van der Waals surface area (Å²) in [5.74, 6) is 0.690. The van der Waals surface area contributed by atoms with E-state index in [0.717, 1.165) is 38.2 Å². The topological polar surface area (TPSA) is 70.8 Å². The van der Waals surface area contributed by atoms with Gasteiger partial charge in [0.05, 0.1) is 7.11 Å². The molecule has 0 bridgehead atoms. The molecule has 1 aliphatic rings. The number of hydrogen-bond donors (Lipinski definition) is 3. The predicted molar refractivity (Wildman–Crippen MR) is 80.3 cm³/mol. The maximum Gasteiger partial charge on any atom is 0.160 e. The smallest absolute Gasteiger partial charge is 0.160 e. The highest BCUT2D eigenvalue weighted by Crippen LogP contribution is 2.29. The van der Waals surface area contributed by atoms with Crippen LogP contribution in [-0.4, -0.2) is 55.4 Å². The zero-order valence-corrected chi connectivity index (χ0v) is 12.4. The van der Waals surface area contributed by atoms with E-state index < -0.39 is 0 Å². The number of nitrogens with two attached hydrogens (primary N) is 1. The summed E-state index contributed by atoms with van der Waals surface area (Å²) in [5, 5.41) is 13.0. The Balaban J connectivity index is 2.16. The van der Waals surface area contributed by atoms with E-state index in [1.807, 2.05) is 12.1 Å². The van der Waals surface area contributed by atoms with Crippen LogP contribution in [0.3, 0.4) is 0 Å². The summed E-state index contributed by atoms with van der Waals surface area (Å²) in [7, 11) is 1.57. The molecule has 1 atom stereocenters. The van der Waals surface area contributed by atoms with E-state index in [4.69, 9.17) is 10.5 Å². The lowest BCUT2D eigenvalue weighted by Gasteiger charge is -2.43. The van der Waals surface area contributed by atoms with E-state index in [1.165, 1.54) is 0 Å². The number of aromatic hydroxyl groups is 1. The van der Waals surface area contributed by atoms with Crippen LogP contribution in [0, 0.1) is 0 Å². The highest BCUT2D eigenvalue weighted by molar-refractivity contribution is 5.42. The van der Waals surface area contributed by atoms with E-state index in [-0.39, 0.29) is 11.3 Å². The lowest BCUT2D eigenvalue weighted by Crippen LogP contribution is -2.59. The molecule has 1 heterocycles. The Hall–Kier alpha value is -1.30. The first-order valence-corrected chi connectivity index (χ1v) is 7.11. The summed E-state index contributed by atoms with van der Waals surface area (Å²) in [6, 6.07) is 5.52. The standard InChI is InChI=1S/C15H25N3O2/c1-15(11-16,18-7-5-17-6-8-18)10-12-3-4-13(19)14(9-12)20-2/h3-4,9,17,19H,5-8,10-11,16H2,1-2H3. The fourth-order valence-corrected chi connectivity index (χ4v) is 2.79. The largest absolute Gasteiger partial charge is 0.504 e. The molecule has 2 rings (SSSR count). The van der Waals surface area contributed by atoms with Crippen molar-refractivity contribution in [2.45, 2.75) is 18.9 Å². The third kappa shape index (κ3) is 3.23. The van der Waals surface area contributed by atoms with Gasteiger partial charge in [-0.05, 0) is 31.0 Å². The minimum Gasteiger partial charge on any atom is -0.504 e. The number of methoxy groups -OCH3 is 1. The lowest BCUT2D eigenvalue weighted by molar-refractivity contribution is 0.0945. The summed E-state index contributed by atoms with van der Waals surface area (Å²) in [5.41, 5.74) is 7.11. The molecule has 5 heteroatoms. The molecule has 1 aromatic carbocycles. The average Bonchev–Trinajstić information content (AvgIpc) is 2.50. The Kier molecular flexibility index (Phi) is 4.86. The van der Waals surface area contributed by atoms with Crippen molar-refractivity contribution in [3.05, 3.63) is 23.8 Å². The Morgan fingerprint density at radius 2 is 2.10 bits per heavy atom. The van der Waals surface area contributed by atoms with Gasteiger partial charge < -0.3 is 20.9 Å². The molecule has 1 aromatic rings. The summed E-state index contributed by atoms with van der Waals surface area (Å²) in [6.07, 6.45) is 0.847. The van der Waals surface area contributed by atoms with Crippen LogP contribution in [0.15, 0.2) is 18.2 Å². The highest BCUT2D eigenvalue weighted by Gasteiger charge is 2.31. The number of rotatable bonds is 5. The molecular weight excluding hydrogens is 254 g/mol. The Morgan fingerprint density at radius 3 is 2.70 bits per heavy atom. The van der Waals surface area contributed by atoms with Gasteiger partial charge in [-0.2, -0.15) is 0 Å². The van der Waals surface area contributed by atoms with Crippen molar-refractivity contribution in [3.8, 4) is 11.5 Å². The van der Waals surface area contributed by atoms with Crippen LogP contribution in [-0.2, 0) is 6.42 Å². The monoisotopic (exact) mass is 279 g/mol. The van der Waals surface area contributed by atoms with Gasteiger partial charge in [-0.1, -0.05) is 6.07 Å². The second kappa shape index (κ2) is 6.43. The molecule has 0 aliphatic carbocycles. The number of nitrogens with one attached hydrogen (secondary N) is 1. The van der Waals surface area contributed by atoms with Gasteiger partial charge in [-0.25, -0.2) is 0 Å². The summed E-state index contributed by atoms with van der Waals surface area (Å²) in [4.78, 5) is 2.45. The predicted octanol–water partition coefficient (Wildman–Crippen LogP) is 0.566. The molecule has 1 saturated heterocycles. The molecule has 0 amide bonds. The first kappa shape index (κ1) is 15.1. The second-order valence-electron chi connectivity index (χ2n) is 5.62. The molecule has 1 unspecified atom stereocenters. The van der Waals surface area contributed by atoms with Gasteiger partial charge in [0.15, 0.2) is 11.5 Å². The Bertz CT molecular complexity index is 447. The van der Waals surface area contributed by atoms with Gasteiger partial charge in [0, 0.05) is 38.3 Å². The van der Waals surface area contributed by atoms with E-state index >= 15 is 0 Å². The molecule has 20 heavy (non-hydrogen) atoms. The van der Waals surface area contributed by atoms with E-state index in [0.29, 0.717) is 12.3 Å². The van der Waals surface area contributed by atoms with Crippen LogP contribution in [0.25, 0.3) is 0 Å². The number of benzene rings is 1. The van der Waals surface area contributed by atoms with E-state index in [1.54, 1.807) is 13.2 Å². The van der Waals surface area contributed by atoms with Crippen molar-refractivity contribution in [2.75, 3.05) is 39.8 Å². The first-order chi connectivity index (χ1) is 9.59. The van der Waals surface area contributed by atoms with Gasteiger partial charge >= 0.3 is 0 Å². The maximum atomic E-state index is 9.67. The number of nitrogens with zero attached hydrogens (tertiary/aromatic N) is 1. The molecule has 0 aromatic heterocycles. The van der Waals surface area contributed by atoms with Crippen LogP contribution in [0.5, 0.6) is 11.5 Å². The number of phenolic OH excluding ortho intramolecular Hbond substituents is 1. The van der Waals surface area contributed by atoms with Crippen molar-refractivity contribution in [1.29, 1.82) is 0 Å². The van der Waals surface area contributed by atoms with Gasteiger partial charge in [-0.3, -0.25) is 4.90 Å². The normalized spacial score (nSPS) is 19.6. The van der Waals surface area contributed by atoms with Crippen LogP contribution < -0.4 is 15.8 Å².